The number of hydrogen-bond donors (Lipinski definition) is 1. The van der Waals surface area contributed by atoms with Crippen molar-refractivity contribution in [3.8, 4) is 17.1 Å². The van der Waals surface area contributed by atoms with Crippen LogP contribution in [0.2, 0.25) is 0 Å². The number of aromatic nitrogens is 3. The Morgan fingerprint density at radius 1 is 0.943 bits per heavy atom. The van der Waals surface area contributed by atoms with Crippen molar-refractivity contribution < 1.29 is 4.74 Å². The number of methoxy groups -OCH3 is 1. The quantitative estimate of drug-likeness (QED) is 0.276. The van der Waals surface area contributed by atoms with Gasteiger partial charge in [0.2, 0.25) is 0 Å². The van der Waals surface area contributed by atoms with Crippen LogP contribution < -0.4 is 10.3 Å². The van der Waals surface area contributed by atoms with Crippen molar-refractivity contribution in [1.29, 1.82) is 0 Å². The van der Waals surface area contributed by atoms with Crippen LogP contribution in [-0.2, 0) is 6.42 Å². The zero-order valence-corrected chi connectivity index (χ0v) is 23.3. The summed E-state index contributed by atoms with van der Waals surface area (Å²) in [5, 5.41) is 0. The molecular formula is C26H32N4O2S3. The van der Waals surface area contributed by atoms with Gasteiger partial charge in [0.15, 0.2) is 8.73 Å². The first-order valence-corrected chi connectivity index (χ1v) is 13.4. The van der Waals surface area contributed by atoms with E-state index in [4.69, 9.17) is 29.2 Å². The summed E-state index contributed by atoms with van der Waals surface area (Å²) in [5.74, 6) is 0.571. The predicted octanol–water partition coefficient (Wildman–Crippen LogP) is 6.55. The van der Waals surface area contributed by atoms with Gasteiger partial charge in [0.05, 0.1) is 12.8 Å². The molecule has 35 heavy (non-hydrogen) atoms. The number of aryl methyl sites for hydroxylation is 1. The second-order valence-electron chi connectivity index (χ2n) is 7.76. The largest absolute Gasteiger partial charge is 0.495 e. The van der Waals surface area contributed by atoms with Crippen LogP contribution in [0.25, 0.3) is 21.7 Å². The highest BCUT2D eigenvalue weighted by molar-refractivity contribution is 7.73. The number of para-hydroxylation sites is 2. The van der Waals surface area contributed by atoms with Crippen LogP contribution in [0.1, 0.15) is 33.3 Å². The smallest absolute Gasteiger partial charge is 0.278 e. The number of hydrogen-bond acceptors (Lipinski definition) is 6. The van der Waals surface area contributed by atoms with Gasteiger partial charge in [-0.05, 0) is 80.3 Å². The molecule has 2 aromatic carbocycles. The first-order valence-electron chi connectivity index (χ1n) is 11.8. The van der Waals surface area contributed by atoms with E-state index in [2.05, 4.69) is 49.7 Å². The van der Waals surface area contributed by atoms with Crippen LogP contribution >= 0.6 is 35.8 Å². The molecule has 0 saturated heterocycles. The number of fused-ring (bicyclic) bond motifs is 1. The molecule has 2 heterocycles. The molecule has 0 radical (unpaired) electrons. The van der Waals surface area contributed by atoms with Crippen LogP contribution in [0.15, 0.2) is 53.3 Å². The van der Waals surface area contributed by atoms with E-state index in [0.29, 0.717) is 25.7 Å². The van der Waals surface area contributed by atoms with Crippen LogP contribution in [0, 0.1) is 8.73 Å². The van der Waals surface area contributed by atoms with Crippen molar-refractivity contribution in [1.82, 2.24) is 19.0 Å². The van der Waals surface area contributed by atoms with Crippen LogP contribution in [0.5, 0.6) is 5.75 Å². The van der Waals surface area contributed by atoms with Crippen LogP contribution in [-0.4, -0.2) is 45.8 Å². The molecule has 0 aliphatic heterocycles. The van der Waals surface area contributed by atoms with Crippen LogP contribution in [0.3, 0.4) is 0 Å². The molecule has 0 bridgehead atoms. The highest BCUT2D eigenvalue weighted by atomic mass is 32.1. The van der Waals surface area contributed by atoms with Crippen molar-refractivity contribution in [2.75, 3.05) is 26.7 Å². The standard InChI is InChI=1S/C20H17N3O2S3.C6H15N/c1-3-12-8-10-13(11-9-12)22-17-16(28-20(22)27)18(24)23(19(26)21-17)14-6-4-5-7-15(14)25-2;1-4-7(5-2)6-3/h4-11H,3H2,1-2H3,(H,21,26);4-6H2,1-3H3. The van der Waals surface area contributed by atoms with Gasteiger partial charge in [0, 0.05) is 5.69 Å². The van der Waals surface area contributed by atoms with E-state index in [-0.39, 0.29) is 10.3 Å². The monoisotopic (exact) mass is 528 g/mol. The van der Waals surface area contributed by atoms with E-state index in [9.17, 15) is 4.79 Å². The molecule has 186 valence electrons. The Bertz CT molecular complexity index is 1440. The summed E-state index contributed by atoms with van der Waals surface area (Å²) in [6.45, 7) is 12.2. The highest BCUT2D eigenvalue weighted by Crippen LogP contribution is 2.26. The molecule has 0 saturated carbocycles. The Morgan fingerprint density at radius 3 is 2.11 bits per heavy atom. The Labute approximate surface area is 220 Å². The van der Waals surface area contributed by atoms with Gasteiger partial charge in [-0.25, -0.2) is 4.57 Å². The Kier molecular flexibility index (Phi) is 9.56. The summed E-state index contributed by atoms with van der Waals surface area (Å²) in [6, 6.07) is 15.4. The molecule has 0 unspecified atom stereocenters. The summed E-state index contributed by atoms with van der Waals surface area (Å²) < 4.78 is 10.1. The fourth-order valence-electron chi connectivity index (χ4n) is 3.80. The molecule has 4 rings (SSSR count). The molecule has 4 aromatic rings. The minimum atomic E-state index is -0.219. The van der Waals surface area contributed by atoms with E-state index in [1.807, 2.05) is 28.8 Å². The molecule has 0 aliphatic carbocycles. The first kappa shape index (κ1) is 27.0. The SMILES string of the molecule is CCN(CC)CC.CCc1ccc(-n2c(=S)sc3c(=O)n(-c4ccccc4OC)c(=S)[nH]c32)cc1. The third kappa shape index (κ3) is 5.81. The average Bonchev–Trinajstić information content (AvgIpc) is 3.21. The number of rotatable bonds is 7. The minimum absolute atomic E-state index is 0.219. The maximum atomic E-state index is 13.3. The van der Waals surface area contributed by atoms with Crippen LogP contribution in [0.4, 0.5) is 0 Å². The van der Waals surface area contributed by atoms with E-state index < -0.39 is 0 Å². The topological polar surface area (TPSA) is 55.2 Å². The maximum Gasteiger partial charge on any atom is 0.278 e. The number of nitrogens with zero attached hydrogens (tertiary/aromatic N) is 3. The third-order valence-electron chi connectivity index (χ3n) is 5.91. The molecule has 1 N–H and O–H groups in total. The Hall–Kier alpha value is -2.59. The molecule has 0 aliphatic rings. The molecular weight excluding hydrogens is 497 g/mol. The van der Waals surface area contributed by atoms with Crippen molar-refractivity contribution >= 4 is 46.1 Å². The average molecular weight is 529 g/mol. The molecule has 0 atom stereocenters. The zero-order chi connectivity index (χ0) is 25.5. The Morgan fingerprint density at radius 2 is 1.57 bits per heavy atom. The van der Waals surface area contributed by atoms with E-state index in [1.54, 1.807) is 19.2 Å². The van der Waals surface area contributed by atoms with Crippen molar-refractivity contribution in [3.05, 3.63) is 73.2 Å². The summed E-state index contributed by atoms with van der Waals surface area (Å²) in [4.78, 5) is 18.9. The minimum Gasteiger partial charge on any atom is -0.495 e. The van der Waals surface area contributed by atoms with Gasteiger partial charge in [-0.3, -0.25) is 9.36 Å². The van der Waals surface area contributed by atoms with Gasteiger partial charge in [-0.15, -0.1) is 0 Å². The lowest BCUT2D eigenvalue weighted by atomic mass is 10.1. The molecule has 0 spiro atoms. The van der Waals surface area contributed by atoms with Gasteiger partial charge in [0.25, 0.3) is 5.56 Å². The molecule has 0 amide bonds. The number of nitrogens with one attached hydrogen (secondary N) is 1. The summed E-state index contributed by atoms with van der Waals surface area (Å²) in [6.07, 6.45) is 0.960. The fourth-order valence-corrected chi connectivity index (χ4v) is 5.41. The second-order valence-corrected chi connectivity index (χ2v) is 9.79. The lowest BCUT2D eigenvalue weighted by Gasteiger charge is -2.13. The molecule has 6 nitrogen and oxygen atoms in total. The fraction of sp³-hybridized carbons (Fsp3) is 0.346. The van der Waals surface area contributed by atoms with E-state index in [0.717, 1.165) is 12.1 Å². The van der Waals surface area contributed by atoms with Gasteiger partial charge in [-0.2, -0.15) is 0 Å². The lowest BCUT2D eigenvalue weighted by molar-refractivity contribution is 0.321. The summed E-state index contributed by atoms with van der Waals surface area (Å²) in [7, 11) is 1.57. The summed E-state index contributed by atoms with van der Waals surface area (Å²) in [5.41, 5.74) is 3.12. The van der Waals surface area contributed by atoms with E-state index >= 15 is 0 Å². The predicted molar refractivity (Wildman–Crippen MR) is 152 cm³/mol. The number of aromatic amines is 1. The summed E-state index contributed by atoms with van der Waals surface area (Å²) >= 11 is 12.4. The van der Waals surface area contributed by atoms with Gasteiger partial charge < -0.3 is 14.6 Å². The Balaban J connectivity index is 0.000000429. The van der Waals surface area contributed by atoms with Crippen molar-refractivity contribution in [2.24, 2.45) is 0 Å². The number of benzene rings is 2. The molecule has 0 fully saturated rings. The van der Waals surface area contributed by atoms with Gasteiger partial charge in [-0.1, -0.05) is 63.3 Å². The highest BCUT2D eigenvalue weighted by Gasteiger charge is 2.16. The number of ether oxygens (including phenoxy) is 1. The lowest BCUT2D eigenvalue weighted by Crippen LogP contribution is -2.21. The molecule has 2 aromatic heterocycles. The zero-order valence-electron chi connectivity index (χ0n) is 20.8. The molecule has 9 heteroatoms. The van der Waals surface area contributed by atoms with Crippen molar-refractivity contribution in [3.63, 3.8) is 0 Å². The van der Waals surface area contributed by atoms with Gasteiger partial charge >= 0.3 is 0 Å². The third-order valence-corrected chi connectivity index (χ3v) is 7.55. The maximum absolute atomic E-state index is 13.3. The van der Waals surface area contributed by atoms with Gasteiger partial charge in [0.1, 0.15) is 16.1 Å². The normalized spacial score (nSPS) is 10.9. The second kappa shape index (κ2) is 12.4. The van der Waals surface area contributed by atoms with Crippen molar-refractivity contribution in [2.45, 2.75) is 34.1 Å². The number of thiazole rings is 1. The number of H-pyrrole nitrogens is 1. The van der Waals surface area contributed by atoms with E-state index in [1.165, 1.54) is 41.1 Å². The first-order chi connectivity index (χ1) is 16.9.